The predicted octanol–water partition coefficient (Wildman–Crippen LogP) is 2.43. The van der Waals surface area contributed by atoms with E-state index in [9.17, 15) is 4.79 Å². The summed E-state index contributed by atoms with van der Waals surface area (Å²) in [6.45, 7) is 4.58. The van der Waals surface area contributed by atoms with Crippen molar-refractivity contribution < 1.29 is 4.79 Å². The number of amides is 1. The van der Waals surface area contributed by atoms with Gasteiger partial charge in [0.15, 0.2) is 0 Å². The molecule has 0 bridgehead atoms. The zero-order valence-corrected chi connectivity index (χ0v) is 13.4. The zero-order valence-electron chi connectivity index (χ0n) is 13.4. The summed E-state index contributed by atoms with van der Waals surface area (Å²) in [4.78, 5) is 23.1. The minimum absolute atomic E-state index is 0.0249. The average molecular weight is 310 g/mol. The van der Waals surface area contributed by atoms with Crippen LogP contribution in [0.15, 0.2) is 42.7 Å². The molecule has 120 valence electrons. The maximum Gasteiger partial charge on any atom is 0.251 e. The molecule has 5 heteroatoms. The molecule has 0 spiro atoms. The van der Waals surface area contributed by atoms with E-state index < -0.39 is 0 Å². The summed E-state index contributed by atoms with van der Waals surface area (Å²) in [7, 11) is 0. The van der Waals surface area contributed by atoms with E-state index in [2.05, 4.69) is 20.2 Å². The van der Waals surface area contributed by atoms with Gasteiger partial charge in [-0.15, -0.1) is 0 Å². The summed E-state index contributed by atoms with van der Waals surface area (Å²) in [5.74, 6) is 1.34. The van der Waals surface area contributed by atoms with Crippen molar-refractivity contribution in [2.45, 2.75) is 19.8 Å². The fourth-order valence-corrected chi connectivity index (χ4v) is 2.95. The van der Waals surface area contributed by atoms with Crippen LogP contribution in [0.2, 0.25) is 0 Å². The van der Waals surface area contributed by atoms with Gasteiger partial charge in [0.25, 0.3) is 5.91 Å². The summed E-state index contributed by atoms with van der Waals surface area (Å²) in [6.07, 6.45) is 5.65. The molecule has 1 saturated heterocycles. The summed E-state index contributed by atoms with van der Waals surface area (Å²) in [5.41, 5.74) is 1.78. The normalized spacial score (nSPS) is 15.4. The van der Waals surface area contributed by atoms with Crippen LogP contribution in [-0.2, 0) is 0 Å². The Balaban J connectivity index is 1.48. The number of anilines is 1. The van der Waals surface area contributed by atoms with Crippen molar-refractivity contribution in [3.05, 3.63) is 53.9 Å². The Hall–Kier alpha value is -2.43. The van der Waals surface area contributed by atoms with E-state index >= 15 is 0 Å². The molecule has 1 amide bonds. The second-order valence-electron chi connectivity index (χ2n) is 6.00. The molecule has 1 aromatic carbocycles. The second-order valence-corrected chi connectivity index (χ2v) is 6.00. The smallest absolute Gasteiger partial charge is 0.251 e. The molecular formula is C18H22N4O. The van der Waals surface area contributed by atoms with Crippen LogP contribution in [0.5, 0.6) is 0 Å². The number of benzene rings is 1. The molecule has 1 aliphatic heterocycles. The molecule has 0 atom stereocenters. The van der Waals surface area contributed by atoms with E-state index in [-0.39, 0.29) is 5.91 Å². The number of nitrogens with one attached hydrogen (secondary N) is 1. The van der Waals surface area contributed by atoms with Crippen LogP contribution in [-0.4, -0.2) is 35.5 Å². The molecule has 2 heterocycles. The fraction of sp³-hybridized carbons (Fsp3) is 0.389. The number of nitrogens with zero attached hydrogens (tertiary/aromatic N) is 3. The predicted molar refractivity (Wildman–Crippen MR) is 90.5 cm³/mol. The summed E-state index contributed by atoms with van der Waals surface area (Å²) in [6, 6.07) is 9.53. The Morgan fingerprint density at radius 1 is 1.17 bits per heavy atom. The molecule has 23 heavy (non-hydrogen) atoms. The lowest BCUT2D eigenvalue weighted by Crippen LogP contribution is -2.39. The lowest BCUT2D eigenvalue weighted by molar-refractivity contribution is 0.0944. The first kappa shape index (κ1) is 15.5. The number of carbonyl (C=O) groups is 1. The third-order valence-corrected chi connectivity index (χ3v) is 4.39. The average Bonchev–Trinajstić information content (AvgIpc) is 2.61. The van der Waals surface area contributed by atoms with Crippen molar-refractivity contribution >= 4 is 11.9 Å². The van der Waals surface area contributed by atoms with Crippen molar-refractivity contribution in [1.29, 1.82) is 0 Å². The highest BCUT2D eigenvalue weighted by Gasteiger charge is 2.21. The van der Waals surface area contributed by atoms with Gasteiger partial charge in [0.2, 0.25) is 5.95 Å². The van der Waals surface area contributed by atoms with Crippen molar-refractivity contribution in [3.63, 3.8) is 0 Å². The van der Waals surface area contributed by atoms with E-state index in [1.54, 1.807) is 12.4 Å². The van der Waals surface area contributed by atoms with Gasteiger partial charge in [-0.25, -0.2) is 9.97 Å². The second kappa shape index (κ2) is 7.22. The Morgan fingerprint density at radius 3 is 2.57 bits per heavy atom. The van der Waals surface area contributed by atoms with Crippen molar-refractivity contribution in [3.8, 4) is 0 Å². The molecular weight excluding hydrogens is 288 g/mol. The maximum absolute atomic E-state index is 12.3. The highest BCUT2D eigenvalue weighted by atomic mass is 16.1. The Labute approximate surface area is 136 Å². The van der Waals surface area contributed by atoms with Gasteiger partial charge in [0.05, 0.1) is 0 Å². The number of carbonyl (C=O) groups excluding carboxylic acids is 1. The van der Waals surface area contributed by atoms with Gasteiger partial charge in [-0.2, -0.15) is 0 Å². The van der Waals surface area contributed by atoms with Gasteiger partial charge in [-0.3, -0.25) is 4.79 Å². The molecule has 3 rings (SSSR count). The first-order valence-electron chi connectivity index (χ1n) is 8.10. The van der Waals surface area contributed by atoms with Gasteiger partial charge in [-0.1, -0.05) is 18.2 Å². The molecule has 1 N–H and O–H groups in total. The zero-order chi connectivity index (χ0) is 16.1. The van der Waals surface area contributed by atoms with E-state index in [0.29, 0.717) is 5.92 Å². The summed E-state index contributed by atoms with van der Waals surface area (Å²) in [5, 5.41) is 3.08. The third-order valence-electron chi connectivity index (χ3n) is 4.39. The van der Waals surface area contributed by atoms with Gasteiger partial charge >= 0.3 is 0 Å². The molecule has 2 aromatic rings. The molecule has 0 saturated carbocycles. The number of hydrogen-bond acceptors (Lipinski definition) is 4. The molecule has 1 fully saturated rings. The van der Waals surface area contributed by atoms with Crippen molar-refractivity contribution in [1.82, 2.24) is 15.3 Å². The molecule has 1 aromatic heterocycles. The molecule has 5 nitrogen and oxygen atoms in total. The van der Waals surface area contributed by atoms with Crippen LogP contribution in [0.25, 0.3) is 0 Å². The number of aromatic nitrogens is 2. The van der Waals surface area contributed by atoms with Gasteiger partial charge in [0, 0.05) is 37.6 Å². The van der Waals surface area contributed by atoms with Crippen LogP contribution in [0.1, 0.15) is 28.8 Å². The Bertz CT molecular complexity index is 651. The summed E-state index contributed by atoms with van der Waals surface area (Å²) < 4.78 is 0. The van der Waals surface area contributed by atoms with Crippen LogP contribution >= 0.6 is 0 Å². The highest BCUT2D eigenvalue weighted by molar-refractivity contribution is 5.95. The molecule has 0 unspecified atom stereocenters. The molecule has 0 radical (unpaired) electrons. The molecule has 0 aliphatic carbocycles. The van der Waals surface area contributed by atoms with Crippen LogP contribution in [0, 0.1) is 12.8 Å². The standard InChI is InChI=1S/C18H22N4O/c1-14-5-2-3-6-16(14)17(23)21-13-15-7-11-22(12-8-15)18-19-9-4-10-20-18/h2-6,9-10,15H,7-8,11-13H2,1H3,(H,21,23). The van der Waals surface area contributed by atoms with E-state index in [4.69, 9.17) is 0 Å². The largest absolute Gasteiger partial charge is 0.352 e. The lowest BCUT2D eigenvalue weighted by atomic mass is 9.96. The SMILES string of the molecule is Cc1ccccc1C(=O)NCC1CCN(c2ncccn2)CC1. The Morgan fingerprint density at radius 2 is 1.87 bits per heavy atom. The first-order valence-corrected chi connectivity index (χ1v) is 8.10. The van der Waals surface area contributed by atoms with Crippen molar-refractivity contribution in [2.75, 3.05) is 24.5 Å². The van der Waals surface area contributed by atoms with E-state index in [1.165, 1.54) is 0 Å². The van der Waals surface area contributed by atoms with E-state index in [0.717, 1.165) is 49.6 Å². The minimum atomic E-state index is 0.0249. The quantitative estimate of drug-likeness (QED) is 0.942. The number of rotatable bonds is 4. The van der Waals surface area contributed by atoms with E-state index in [1.807, 2.05) is 37.3 Å². The topological polar surface area (TPSA) is 58.1 Å². The van der Waals surface area contributed by atoms with Crippen LogP contribution < -0.4 is 10.2 Å². The van der Waals surface area contributed by atoms with Gasteiger partial charge in [0.1, 0.15) is 0 Å². The lowest BCUT2D eigenvalue weighted by Gasteiger charge is -2.31. The number of piperidine rings is 1. The van der Waals surface area contributed by atoms with Crippen LogP contribution in [0.4, 0.5) is 5.95 Å². The maximum atomic E-state index is 12.3. The third kappa shape index (κ3) is 3.86. The fourth-order valence-electron chi connectivity index (χ4n) is 2.95. The Kier molecular flexibility index (Phi) is 4.86. The minimum Gasteiger partial charge on any atom is -0.352 e. The van der Waals surface area contributed by atoms with Gasteiger partial charge in [-0.05, 0) is 43.4 Å². The monoisotopic (exact) mass is 310 g/mol. The number of hydrogen-bond donors (Lipinski definition) is 1. The summed E-state index contributed by atoms with van der Waals surface area (Å²) >= 11 is 0. The number of aryl methyl sites for hydroxylation is 1. The van der Waals surface area contributed by atoms with Gasteiger partial charge < -0.3 is 10.2 Å². The molecule has 1 aliphatic rings. The van der Waals surface area contributed by atoms with Crippen LogP contribution in [0.3, 0.4) is 0 Å². The van der Waals surface area contributed by atoms with Crippen molar-refractivity contribution in [2.24, 2.45) is 5.92 Å². The highest BCUT2D eigenvalue weighted by Crippen LogP contribution is 2.19. The first-order chi connectivity index (χ1) is 11.2.